The minimum absolute atomic E-state index is 0.105. The lowest BCUT2D eigenvalue weighted by atomic mass is 10.2. The highest BCUT2D eigenvalue weighted by atomic mass is 16.1. The quantitative estimate of drug-likeness (QED) is 0.520. The molecular weight excluding hydrogens is 256 g/mol. The van der Waals surface area contributed by atoms with Gasteiger partial charge in [0.1, 0.15) is 17.5 Å². The number of amides is 1. The molecule has 0 spiro atoms. The normalized spacial score (nSPS) is 14.4. The van der Waals surface area contributed by atoms with Crippen LogP contribution >= 0.6 is 0 Å². The molecule has 0 saturated heterocycles. The topological polar surface area (TPSA) is 110 Å². The van der Waals surface area contributed by atoms with Gasteiger partial charge in [0.15, 0.2) is 0 Å². The van der Waals surface area contributed by atoms with Gasteiger partial charge in [-0.2, -0.15) is 0 Å². The Bertz CT molecular complexity index is 512. The van der Waals surface area contributed by atoms with Crippen molar-refractivity contribution in [2.24, 2.45) is 11.6 Å². The molecule has 1 aliphatic rings. The zero-order valence-corrected chi connectivity index (χ0v) is 12.2. The second kappa shape index (κ2) is 5.62. The molecule has 0 atom stereocenters. The third-order valence-electron chi connectivity index (χ3n) is 3.44. The first kappa shape index (κ1) is 14.5. The summed E-state index contributed by atoms with van der Waals surface area (Å²) >= 11 is 0. The molecule has 7 nitrogen and oxygen atoms in total. The highest BCUT2D eigenvalue weighted by Gasteiger charge is 2.29. The zero-order valence-electron chi connectivity index (χ0n) is 12.2. The number of primary amides is 1. The molecule has 1 aromatic rings. The maximum Gasteiger partial charge on any atom is 0.237 e. The van der Waals surface area contributed by atoms with Gasteiger partial charge in [-0.15, -0.1) is 0 Å². The molecular formula is C13H22N6O. The van der Waals surface area contributed by atoms with Gasteiger partial charge in [-0.3, -0.25) is 4.79 Å². The van der Waals surface area contributed by atoms with E-state index in [0.717, 1.165) is 30.0 Å². The number of hydrogen-bond acceptors (Lipinski definition) is 6. The second-order valence-electron chi connectivity index (χ2n) is 5.49. The molecule has 110 valence electrons. The van der Waals surface area contributed by atoms with E-state index in [-0.39, 0.29) is 18.5 Å². The highest BCUT2D eigenvalue weighted by molar-refractivity contribution is 5.80. The summed E-state index contributed by atoms with van der Waals surface area (Å²) in [5.74, 6) is 7.68. The number of anilines is 2. The molecule has 0 aromatic carbocycles. The number of nitrogen functional groups attached to an aromatic ring is 1. The Morgan fingerprint density at radius 2 is 2.10 bits per heavy atom. The van der Waals surface area contributed by atoms with Crippen molar-refractivity contribution >= 4 is 17.5 Å². The summed E-state index contributed by atoms with van der Waals surface area (Å²) in [6.07, 6.45) is 2.20. The number of nitrogens with zero attached hydrogens (tertiary/aromatic N) is 3. The summed E-state index contributed by atoms with van der Waals surface area (Å²) in [6.45, 7) is 6.01. The molecule has 2 rings (SSSR count). The monoisotopic (exact) mass is 278 g/mol. The molecule has 20 heavy (non-hydrogen) atoms. The molecule has 1 aliphatic carbocycles. The Morgan fingerprint density at radius 3 is 2.55 bits per heavy atom. The standard InChI is InChI=1S/C13H22N6O/c1-7(2)19(6-10(14)20)13-8(3)11(18-15)16-12(17-13)9-4-5-9/h7,9H,4-6,15H2,1-3H3,(H2,14,20)(H,16,17,18). The van der Waals surface area contributed by atoms with Crippen molar-refractivity contribution in [2.75, 3.05) is 16.9 Å². The fourth-order valence-corrected chi connectivity index (χ4v) is 2.14. The summed E-state index contributed by atoms with van der Waals surface area (Å²) in [5, 5.41) is 0. The minimum Gasteiger partial charge on any atom is -0.368 e. The van der Waals surface area contributed by atoms with E-state index in [2.05, 4.69) is 15.4 Å². The van der Waals surface area contributed by atoms with Gasteiger partial charge in [-0.25, -0.2) is 15.8 Å². The molecule has 1 heterocycles. The van der Waals surface area contributed by atoms with Crippen LogP contribution in [0.5, 0.6) is 0 Å². The Hall–Kier alpha value is -1.89. The number of aromatic nitrogens is 2. The zero-order chi connectivity index (χ0) is 14.9. The van der Waals surface area contributed by atoms with E-state index in [0.29, 0.717) is 11.7 Å². The summed E-state index contributed by atoms with van der Waals surface area (Å²) in [5.41, 5.74) is 8.77. The molecule has 0 unspecified atom stereocenters. The van der Waals surface area contributed by atoms with Crippen molar-refractivity contribution in [2.45, 2.75) is 45.6 Å². The van der Waals surface area contributed by atoms with Gasteiger partial charge in [-0.1, -0.05) is 0 Å². The van der Waals surface area contributed by atoms with Crippen molar-refractivity contribution in [1.82, 2.24) is 9.97 Å². The third-order valence-corrected chi connectivity index (χ3v) is 3.44. The van der Waals surface area contributed by atoms with Crippen LogP contribution in [0.2, 0.25) is 0 Å². The molecule has 0 radical (unpaired) electrons. The van der Waals surface area contributed by atoms with Crippen LogP contribution in [-0.2, 0) is 4.79 Å². The van der Waals surface area contributed by atoms with Crippen LogP contribution in [0.15, 0.2) is 0 Å². The smallest absolute Gasteiger partial charge is 0.237 e. The summed E-state index contributed by atoms with van der Waals surface area (Å²) in [4.78, 5) is 22.2. The van der Waals surface area contributed by atoms with Gasteiger partial charge < -0.3 is 16.1 Å². The van der Waals surface area contributed by atoms with Gasteiger partial charge >= 0.3 is 0 Å². The average Bonchev–Trinajstić information content (AvgIpc) is 3.20. The van der Waals surface area contributed by atoms with E-state index in [9.17, 15) is 4.79 Å². The minimum atomic E-state index is -0.382. The van der Waals surface area contributed by atoms with Crippen molar-refractivity contribution in [3.05, 3.63) is 11.4 Å². The predicted octanol–water partition coefficient (Wildman–Crippen LogP) is 0.648. The Kier molecular flexibility index (Phi) is 4.08. The van der Waals surface area contributed by atoms with E-state index < -0.39 is 0 Å². The predicted molar refractivity (Wildman–Crippen MR) is 78.2 cm³/mol. The lowest BCUT2D eigenvalue weighted by Crippen LogP contribution is -2.40. The number of rotatable bonds is 6. The Balaban J connectivity index is 2.45. The van der Waals surface area contributed by atoms with Crippen LogP contribution < -0.4 is 21.9 Å². The number of hydrogen-bond donors (Lipinski definition) is 3. The van der Waals surface area contributed by atoms with Crippen LogP contribution in [0.3, 0.4) is 0 Å². The summed E-state index contributed by atoms with van der Waals surface area (Å²) in [6, 6.07) is 0.105. The van der Waals surface area contributed by atoms with Gasteiger partial charge in [0.25, 0.3) is 0 Å². The Morgan fingerprint density at radius 1 is 1.45 bits per heavy atom. The van der Waals surface area contributed by atoms with Gasteiger partial charge in [0.05, 0.1) is 6.54 Å². The highest BCUT2D eigenvalue weighted by Crippen LogP contribution is 2.40. The van der Waals surface area contributed by atoms with Gasteiger partial charge in [0.2, 0.25) is 5.91 Å². The second-order valence-corrected chi connectivity index (χ2v) is 5.49. The summed E-state index contributed by atoms with van der Waals surface area (Å²) < 4.78 is 0. The van der Waals surface area contributed by atoms with Gasteiger partial charge in [0, 0.05) is 17.5 Å². The number of nitrogens with one attached hydrogen (secondary N) is 1. The first-order valence-corrected chi connectivity index (χ1v) is 6.84. The molecule has 1 aromatic heterocycles. The first-order valence-electron chi connectivity index (χ1n) is 6.84. The fourth-order valence-electron chi connectivity index (χ4n) is 2.14. The van der Waals surface area contributed by atoms with Crippen LogP contribution in [0, 0.1) is 6.92 Å². The van der Waals surface area contributed by atoms with E-state index in [1.807, 2.05) is 25.7 Å². The first-order chi connectivity index (χ1) is 9.43. The SMILES string of the molecule is Cc1c(NN)nc(C2CC2)nc1N(CC(N)=O)C(C)C. The number of carbonyl (C=O) groups is 1. The van der Waals surface area contributed by atoms with Crippen LogP contribution in [-0.4, -0.2) is 28.5 Å². The van der Waals surface area contributed by atoms with Crippen molar-refractivity contribution in [3.8, 4) is 0 Å². The Labute approximate surface area is 118 Å². The lowest BCUT2D eigenvalue weighted by molar-refractivity contribution is -0.116. The molecule has 1 saturated carbocycles. The van der Waals surface area contributed by atoms with Crippen molar-refractivity contribution < 1.29 is 4.79 Å². The van der Waals surface area contributed by atoms with Crippen molar-refractivity contribution in [1.29, 1.82) is 0 Å². The maximum absolute atomic E-state index is 11.3. The molecule has 7 heteroatoms. The number of hydrazine groups is 1. The van der Waals surface area contributed by atoms with Crippen LogP contribution in [0.25, 0.3) is 0 Å². The van der Waals surface area contributed by atoms with Crippen LogP contribution in [0.1, 0.15) is 44.0 Å². The fraction of sp³-hybridized carbons (Fsp3) is 0.615. The molecule has 1 fully saturated rings. The summed E-state index contributed by atoms with van der Waals surface area (Å²) in [7, 11) is 0. The molecule has 1 amide bonds. The van der Waals surface area contributed by atoms with Crippen LogP contribution in [0.4, 0.5) is 11.6 Å². The maximum atomic E-state index is 11.3. The average molecular weight is 278 g/mol. The molecule has 0 bridgehead atoms. The lowest BCUT2D eigenvalue weighted by Gasteiger charge is -2.28. The third kappa shape index (κ3) is 2.98. The molecule has 0 aliphatic heterocycles. The largest absolute Gasteiger partial charge is 0.368 e. The number of nitrogens with two attached hydrogens (primary N) is 2. The van der Waals surface area contributed by atoms with E-state index in [1.165, 1.54) is 0 Å². The molecule has 5 N–H and O–H groups in total. The van der Waals surface area contributed by atoms with E-state index in [1.54, 1.807) is 0 Å². The van der Waals surface area contributed by atoms with E-state index >= 15 is 0 Å². The van der Waals surface area contributed by atoms with Crippen molar-refractivity contribution in [3.63, 3.8) is 0 Å². The van der Waals surface area contributed by atoms with Gasteiger partial charge in [-0.05, 0) is 33.6 Å². The van der Waals surface area contributed by atoms with E-state index in [4.69, 9.17) is 11.6 Å². The number of carbonyl (C=O) groups excluding carboxylic acids is 1.